The van der Waals surface area contributed by atoms with E-state index in [4.69, 9.17) is 5.41 Å². The highest BCUT2D eigenvalue weighted by atomic mass is 19.1. The van der Waals surface area contributed by atoms with E-state index in [0.717, 1.165) is 41.9 Å². The van der Waals surface area contributed by atoms with Crippen LogP contribution in [0, 0.1) is 25.1 Å². The molecule has 0 radical (unpaired) electrons. The van der Waals surface area contributed by atoms with Crippen molar-refractivity contribution in [2.24, 2.45) is 0 Å². The molecule has 0 saturated carbocycles. The molecule has 0 spiro atoms. The van der Waals surface area contributed by atoms with Crippen LogP contribution in [0.1, 0.15) is 48.2 Å². The average molecular weight is 380 g/mol. The Kier molecular flexibility index (Phi) is 5.58. The lowest BCUT2D eigenvalue weighted by molar-refractivity contribution is -0.111. The number of aryl methyl sites for hydroxylation is 1. The second-order valence-electron chi connectivity index (χ2n) is 7.18. The van der Waals surface area contributed by atoms with Gasteiger partial charge in [-0.15, -0.1) is 0 Å². The molecule has 1 N–H and O–H groups in total. The van der Waals surface area contributed by atoms with E-state index in [1.807, 2.05) is 26.0 Å². The Hall–Kier alpha value is -3.02. The molecule has 146 valence electrons. The molecule has 1 aliphatic rings. The van der Waals surface area contributed by atoms with Gasteiger partial charge in [0.05, 0.1) is 12.2 Å². The number of ketones is 1. The minimum atomic E-state index is -0.290. The minimum Gasteiger partial charge on any atom is -0.365 e. The Balaban J connectivity index is 1.80. The van der Waals surface area contributed by atoms with Gasteiger partial charge < -0.3 is 4.90 Å². The van der Waals surface area contributed by atoms with Gasteiger partial charge in [0.25, 0.3) is 0 Å². The summed E-state index contributed by atoms with van der Waals surface area (Å²) in [7, 11) is 0. The zero-order valence-corrected chi connectivity index (χ0v) is 16.5. The molecule has 6 heteroatoms. The van der Waals surface area contributed by atoms with Crippen LogP contribution in [0.15, 0.2) is 42.7 Å². The highest BCUT2D eigenvalue weighted by Gasteiger charge is 2.27. The number of halogens is 1. The third-order valence-electron chi connectivity index (χ3n) is 5.30. The summed E-state index contributed by atoms with van der Waals surface area (Å²) in [5.41, 5.74) is 4.10. The summed E-state index contributed by atoms with van der Waals surface area (Å²) in [6, 6.07) is 5.03. The molecule has 0 unspecified atom stereocenters. The number of hydrogen-bond donors (Lipinski definition) is 1. The summed E-state index contributed by atoms with van der Waals surface area (Å²) in [6.07, 6.45) is 7.16. The lowest BCUT2D eigenvalue weighted by Crippen LogP contribution is -2.22. The maximum atomic E-state index is 13.8. The Morgan fingerprint density at radius 1 is 1.39 bits per heavy atom. The molecule has 0 bridgehead atoms. The first kappa shape index (κ1) is 19.7. The van der Waals surface area contributed by atoms with E-state index in [1.165, 1.54) is 19.2 Å². The largest absolute Gasteiger partial charge is 0.365 e. The molecule has 2 aromatic rings. The quantitative estimate of drug-likeness (QED) is 0.596. The average Bonchev–Trinajstić information content (AvgIpc) is 3.28. The second-order valence-corrected chi connectivity index (χ2v) is 7.18. The Morgan fingerprint density at radius 3 is 2.86 bits per heavy atom. The molecule has 1 aromatic heterocycles. The molecule has 5 nitrogen and oxygen atoms in total. The number of carbonyl (C=O) groups is 1. The smallest absolute Gasteiger partial charge is 0.178 e. The normalized spacial score (nSPS) is 16.7. The molecule has 1 aromatic carbocycles. The lowest BCUT2D eigenvalue weighted by atomic mass is 9.99. The molecule has 0 aliphatic carbocycles. The maximum absolute atomic E-state index is 13.8. The van der Waals surface area contributed by atoms with Gasteiger partial charge in [0.2, 0.25) is 0 Å². The number of benzene rings is 1. The lowest BCUT2D eigenvalue weighted by Gasteiger charge is -2.28. The summed E-state index contributed by atoms with van der Waals surface area (Å²) in [4.78, 5) is 13.6. The second kappa shape index (κ2) is 7.92. The summed E-state index contributed by atoms with van der Waals surface area (Å²) in [5, 5.41) is 12.1. The van der Waals surface area contributed by atoms with Crippen molar-refractivity contribution in [3.05, 3.63) is 70.9 Å². The van der Waals surface area contributed by atoms with Gasteiger partial charge in [-0.05, 0) is 56.0 Å². The van der Waals surface area contributed by atoms with E-state index >= 15 is 0 Å². The molecular weight excluding hydrogens is 355 g/mol. The molecule has 3 rings (SSSR count). The van der Waals surface area contributed by atoms with Gasteiger partial charge in [-0.2, -0.15) is 5.10 Å². The van der Waals surface area contributed by atoms with Crippen LogP contribution in [-0.4, -0.2) is 32.7 Å². The van der Waals surface area contributed by atoms with E-state index in [2.05, 4.69) is 16.6 Å². The van der Waals surface area contributed by atoms with Gasteiger partial charge in [0.15, 0.2) is 5.78 Å². The molecule has 1 fully saturated rings. The fourth-order valence-corrected chi connectivity index (χ4v) is 3.67. The van der Waals surface area contributed by atoms with Crippen molar-refractivity contribution in [2.45, 2.75) is 39.7 Å². The molecule has 2 heterocycles. The van der Waals surface area contributed by atoms with E-state index in [9.17, 15) is 9.18 Å². The number of allylic oxidation sites excluding steroid dienone is 1. The van der Waals surface area contributed by atoms with Crippen LogP contribution in [0.4, 0.5) is 4.39 Å². The maximum Gasteiger partial charge on any atom is 0.178 e. The third kappa shape index (κ3) is 3.81. The van der Waals surface area contributed by atoms with Crippen LogP contribution in [0.2, 0.25) is 0 Å². The Bertz CT molecular complexity index is 973. The van der Waals surface area contributed by atoms with Crippen molar-refractivity contribution >= 4 is 17.7 Å². The van der Waals surface area contributed by atoms with E-state index < -0.39 is 0 Å². The van der Waals surface area contributed by atoms with Crippen molar-refractivity contribution < 1.29 is 9.18 Å². The molecule has 0 amide bonds. The zero-order valence-electron chi connectivity index (χ0n) is 16.5. The van der Waals surface area contributed by atoms with Gasteiger partial charge in [-0.1, -0.05) is 12.6 Å². The van der Waals surface area contributed by atoms with Gasteiger partial charge in [-0.25, -0.2) is 9.07 Å². The number of rotatable bonds is 6. The van der Waals surface area contributed by atoms with Crippen LogP contribution < -0.4 is 0 Å². The van der Waals surface area contributed by atoms with Crippen molar-refractivity contribution in [2.75, 3.05) is 6.54 Å². The number of Topliss-reactive ketones (excluding diaryl/α,β-unsaturated/α-hetero) is 1. The van der Waals surface area contributed by atoms with Crippen molar-refractivity contribution in [3.8, 4) is 0 Å². The summed E-state index contributed by atoms with van der Waals surface area (Å²) in [6.45, 7) is 10.2. The Labute approximate surface area is 164 Å². The first-order valence-electron chi connectivity index (χ1n) is 9.33. The first-order valence-corrected chi connectivity index (χ1v) is 9.33. The molecule has 28 heavy (non-hydrogen) atoms. The van der Waals surface area contributed by atoms with Crippen molar-refractivity contribution in [3.63, 3.8) is 0 Å². The van der Waals surface area contributed by atoms with Crippen molar-refractivity contribution in [1.82, 2.24) is 14.7 Å². The van der Waals surface area contributed by atoms with Crippen LogP contribution >= 0.6 is 0 Å². The van der Waals surface area contributed by atoms with Gasteiger partial charge >= 0.3 is 0 Å². The topological polar surface area (TPSA) is 62.0 Å². The SMILES string of the molecule is C=C(/C=C\n1ncc(C(=N)C(C)=O)c1C)N1CCC[C@@H]1c1cc(F)ccc1C. The molecule has 1 aliphatic heterocycles. The van der Waals surface area contributed by atoms with Crippen LogP contribution in [0.5, 0.6) is 0 Å². The van der Waals surface area contributed by atoms with Crippen LogP contribution in [0.3, 0.4) is 0 Å². The Morgan fingerprint density at radius 2 is 2.14 bits per heavy atom. The number of likely N-dealkylation sites (tertiary alicyclic amines) is 1. The first-order chi connectivity index (χ1) is 13.3. The summed E-state index contributed by atoms with van der Waals surface area (Å²) in [5.74, 6) is -0.511. The van der Waals surface area contributed by atoms with Gasteiger partial charge in [-0.3, -0.25) is 10.2 Å². The number of carbonyl (C=O) groups excluding carboxylic acids is 1. The van der Waals surface area contributed by atoms with E-state index in [-0.39, 0.29) is 23.4 Å². The van der Waals surface area contributed by atoms with Crippen molar-refractivity contribution in [1.29, 1.82) is 5.41 Å². The number of aromatic nitrogens is 2. The fraction of sp³-hybridized carbons (Fsp3) is 0.318. The minimum absolute atomic E-state index is 0.0443. The van der Waals surface area contributed by atoms with E-state index in [1.54, 1.807) is 16.9 Å². The predicted molar refractivity (Wildman–Crippen MR) is 109 cm³/mol. The highest BCUT2D eigenvalue weighted by Crippen LogP contribution is 2.36. The predicted octanol–water partition coefficient (Wildman–Crippen LogP) is 4.42. The monoisotopic (exact) mass is 380 g/mol. The highest BCUT2D eigenvalue weighted by molar-refractivity contribution is 6.44. The summed E-state index contributed by atoms with van der Waals surface area (Å²) < 4.78 is 15.4. The zero-order chi connectivity index (χ0) is 20.4. The third-order valence-corrected chi connectivity index (χ3v) is 5.30. The van der Waals surface area contributed by atoms with Crippen LogP contribution in [-0.2, 0) is 4.79 Å². The number of hydrogen-bond acceptors (Lipinski definition) is 4. The summed E-state index contributed by atoms with van der Waals surface area (Å²) >= 11 is 0. The van der Waals surface area contributed by atoms with Gasteiger partial charge in [0.1, 0.15) is 11.5 Å². The number of nitrogens with one attached hydrogen (secondary N) is 1. The molecule has 1 saturated heterocycles. The number of nitrogens with zero attached hydrogens (tertiary/aromatic N) is 3. The molecule has 1 atom stereocenters. The van der Waals surface area contributed by atoms with E-state index in [0.29, 0.717) is 5.56 Å². The fourth-order valence-electron chi connectivity index (χ4n) is 3.67. The van der Waals surface area contributed by atoms with Gasteiger partial charge in [0, 0.05) is 36.6 Å². The molecular formula is C22H25FN4O. The van der Waals surface area contributed by atoms with Crippen LogP contribution in [0.25, 0.3) is 6.20 Å². The standard InChI is InChI=1S/C22H25FN4O/c1-14-7-8-18(23)12-19(14)21-6-5-10-26(21)15(2)9-11-27-16(3)20(13-25-27)22(24)17(4)28/h7-9,11-13,21,24H,2,5-6,10H2,1,3-4H3/b11-9-,24-22?/t21-/m1/s1.